The van der Waals surface area contributed by atoms with E-state index in [2.05, 4.69) is 16.0 Å². The summed E-state index contributed by atoms with van der Waals surface area (Å²) in [5.41, 5.74) is 3.43. The van der Waals surface area contributed by atoms with Gasteiger partial charge in [-0.25, -0.2) is 4.79 Å². The van der Waals surface area contributed by atoms with Crippen LogP contribution in [0.3, 0.4) is 0 Å². The SMILES string of the molecule is Cc1ccc(NC(=O)Nc2ccc(CC(=O)NCc3cccs3)cc2)cc1. The van der Waals surface area contributed by atoms with Crippen LogP contribution in [0.4, 0.5) is 16.2 Å². The number of rotatable bonds is 6. The molecular weight excluding hydrogens is 358 g/mol. The van der Waals surface area contributed by atoms with Crippen LogP contribution in [0.5, 0.6) is 0 Å². The quantitative estimate of drug-likeness (QED) is 0.588. The zero-order valence-electron chi connectivity index (χ0n) is 15.0. The van der Waals surface area contributed by atoms with Gasteiger partial charge >= 0.3 is 6.03 Å². The second kappa shape index (κ2) is 9.00. The van der Waals surface area contributed by atoms with Crippen LogP contribution in [0.2, 0.25) is 0 Å². The predicted octanol–water partition coefficient (Wildman–Crippen LogP) is 4.56. The van der Waals surface area contributed by atoms with E-state index in [1.807, 2.05) is 60.8 Å². The first kappa shape index (κ1) is 18.7. The lowest BCUT2D eigenvalue weighted by Gasteiger charge is -2.09. The van der Waals surface area contributed by atoms with Crippen molar-refractivity contribution in [2.75, 3.05) is 10.6 Å². The fourth-order valence-corrected chi connectivity index (χ4v) is 3.13. The molecule has 0 aliphatic heterocycles. The van der Waals surface area contributed by atoms with Crippen molar-refractivity contribution in [3.05, 3.63) is 82.0 Å². The van der Waals surface area contributed by atoms with Gasteiger partial charge in [0.1, 0.15) is 0 Å². The average molecular weight is 379 g/mol. The molecule has 0 atom stereocenters. The van der Waals surface area contributed by atoms with Crippen LogP contribution in [0, 0.1) is 6.92 Å². The third-order valence-corrected chi connectivity index (χ3v) is 4.80. The summed E-state index contributed by atoms with van der Waals surface area (Å²) in [5, 5.41) is 10.5. The Balaban J connectivity index is 1.47. The highest BCUT2D eigenvalue weighted by Gasteiger charge is 2.06. The highest BCUT2D eigenvalue weighted by molar-refractivity contribution is 7.09. The Hall–Kier alpha value is -3.12. The second-order valence-corrected chi connectivity index (χ2v) is 7.21. The van der Waals surface area contributed by atoms with E-state index in [0.29, 0.717) is 18.7 Å². The van der Waals surface area contributed by atoms with E-state index in [-0.39, 0.29) is 11.9 Å². The number of amides is 3. The summed E-state index contributed by atoms with van der Waals surface area (Å²) in [6, 6.07) is 18.5. The van der Waals surface area contributed by atoms with Crippen LogP contribution in [0.25, 0.3) is 0 Å². The Morgan fingerprint density at radius 1 is 0.889 bits per heavy atom. The summed E-state index contributed by atoms with van der Waals surface area (Å²) in [4.78, 5) is 25.2. The molecular formula is C21H21N3O2S. The van der Waals surface area contributed by atoms with E-state index in [1.54, 1.807) is 23.5 Å². The molecule has 0 bridgehead atoms. The number of hydrogen-bond donors (Lipinski definition) is 3. The zero-order valence-corrected chi connectivity index (χ0v) is 15.8. The van der Waals surface area contributed by atoms with Gasteiger partial charge in [-0.05, 0) is 48.2 Å². The third-order valence-electron chi connectivity index (χ3n) is 3.93. The fraction of sp³-hybridized carbons (Fsp3) is 0.143. The number of carbonyl (C=O) groups excluding carboxylic acids is 2. The number of anilines is 2. The number of aryl methyl sites for hydroxylation is 1. The van der Waals surface area contributed by atoms with Gasteiger partial charge in [0.25, 0.3) is 0 Å². The molecule has 1 heterocycles. The Bertz CT molecular complexity index is 888. The molecule has 0 radical (unpaired) electrons. The largest absolute Gasteiger partial charge is 0.351 e. The zero-order chi connectivity index (χ0) is 19.1. The molecule has 0 unspecified atom stereocenters. The lowest BCUT2D eigenvalue weighted by atomic mass is 10.1. The Morgan fingerprint density at radius 3 is 2.11 bits per heavy atom. The Morgan fingerprint density at radius 2 is 1.52 bits per heavy atom. The van der Waals surface area contributed by atoms with Gasteiger partial charge < -0.3 is 16.0 Å². The summed E-state index contributed by atoms with van der Waals surface area (Å²) in [6.07, 6.45) is 0.307. The van der Waals surface area contributed by atoms with E-state index >= 15 is 0 Å². The molecule has 3 amide bonds. The van der Waals surface area contributed by atoms with Crippen molar-refractivity contribution in [3.8, 4) is 0 Å². The summed E-state index contributed by atoms with van der Waals surface area (Å²) in [6.45, 7) is 2.54. The fourth-order valence-electron chi connectivity index (χ4n) is 2.48. The van der Waals surface area contributed by atoms with E-state index in [9.17, 15) is 9.59 Å². The van der Waals surface area contributed by atoms with Crippen molar-refractivity contribution in [1.29, 1.82) is 0 Å². The van der Waals surface area contributed by atoms with Crippen molar-refractivity contribution in [3.63, 3.8) is 0 Å². The van der Waals surface area contributed by atoms with Crippen LogP contribution >= 0.6 is 11.3 Å². The molecule has 1 aromatic heterocycles. The van der Waals surface area contributed by atoms with E-state index < -0.39 is 0 Å². The van der Waals surface area contributed by atoms with E-state index in [0.717, 1.165) is 21.7 Å². The maximum atomic E-state index is 12.0. The summed E-state index contributed by atoms with van der Waals surface area (Å²) in [7, 11) is 0. The first-order chi connectivity index (χ1) is 13.1. The lowest BCUT2D eigenvalue weighted by molar-refractivity contribution is -0.120. The molecule has 0 aliphatic rings. The highest BCUT2D eigenvalue weighted by atomic mass is 32.1. The van der Waals surface area contributed by atoms with Gasteiger partial charge in [0.2, 0.25) is 5.91 Å². The molecule has 138 valence electrons. The molecule has 0 saturated heterocycles. The van der Waals surface area contributed by atoms with Crippen LogP contribution in [0.15, 0.2) is 66.0 Å². The number of benzene rings is 2. The Kier molecular flexibility index (Phi) is 6.22. The lowest BCUT2D eigenvalue weighted by Crippen LogP contribution is -2.24. The first-order valence-corrected chi connectivity index (χ1v) is 9.49. The Labute approximate surface area is 162 Å². The van der Waals surface area contributed by atoms with Crippen molar-refractivity contribution in [1.82, 2.24) is 5.32 Å². The van der Waals surface area contributed by atoms with Crippen molar-refractivity contribution < 1.29 is 9.59 Å². The summed E-state index contributed by atoms with van der Waals surface area (Å²) >= 11 is 1.62. The molecule has 3 aromatic rings. The standard InChI is InChI=1S/C21H21N3O2S/c1-15-4-8-17(9-5-15)23-21(26)24-18-10-6-16(7-11-18)13-20(25)22-14-19-3-2-12-27-19/h2-12H,13-14H2,1H3,(H,22,25)(H2,23,24,26). The first-order valence-electron chi connectivity index (χ1n) is 8.61. The highest BCUT2D eigenvalue weighted by Crippen LogP contribution is 2.13. The van der Waals surface area contributed by atoms with Crippen molar-refractivity contribution in [2.45, 2.75) is 19.9 Å². The molecule has 27 heavy (non-hydrogen) atoms. The molecule has 2 aromatic carbocycles. The molecule has 3 rings (SSSR count). The maximum absolute atomic E-state index is 12.0. The summed E-state index contributed by atoms with van der Waals surface area (Å²) < 4.78 is 0. The smallest absolute Gasteiger partial charge is 0.323 e. The third kappa shape index (κ3) is 5.97. The predicted molar refractivity (Wildman–Crippen MR) is 110 cm³/mol. The average Bonchev–Trinajstić information content (AvgIpc) is 3.17. The molecule has 3 N–H and O–H groups in total. The van der Waals surface area contributed by atoms with E-state index in [4.69, 9.17) is 0 Å². The summed E-state index contributed by atoms with van der Waals surface area (Å²) in [5.74, 6) is -0.0266. The van der Waals surface area contributed by atoms with Crippen LogP contribution in [0.1, 0.15) is 16.0 Å². The number of urea groups is 1. The number of nitrogens with one attached hydrogen (secondary N) is 3. The van der Waals surface area contributed by atoms with Crippen molar-refractivity contribution in [2.24, 2.45) is 0 Å². The minimum atomic E-state index is -0.305. The number of carbonyl (C=O) groups is 2. The van der Waals surface area contributed by atoms with Gasteiger partial charge in [-0.1, -0.05) is 35.9 Å². The number of thiophene rings is 1. The molecule has 5 nitrogen and oxygen atoms in total. The van der Waals surface area contributed by atoms with Gasteiger partial charge in [-0.2, -0.15) is 0 Å². The minimum Gasteiger partial charge on any atom is -0.351 e. The topological polar surface area (TPSA) is 70.2 Å². The van der Waals surface area contributed by atoms with Gasteiger partial charge in [0.15, 0.2) is 0 Å². The van der Waals surface area contributed by atoms with Gasteiger partial charge in [-0.15, -0.1) is 11.3 Å². The molecule has 0 aliphatic carbocycles. The minimum absolute atomic E-state index is 0.0266. The monoisotopic (exact) mass is 379 g/mol. The van der Waals surface area contributed by atoms with Crippen LogP contribution < -0.4 is 16.0 Å². The van der Waals surface area contributed by atoms with E-state index in [1.165, 1.54) is 0 Å². The molecule has 6 heteroatoms. The van der Waals surface area contributed by atoms with Crippen LogP contribution in [-0.4, -0.2) is 11.9 Å². The second-order valence-electron chi connectivity index (χ2n) is 6.17. The van der Waals surface area contributed by atoms with Crippen LogP contribution in [-0.2, 0) is 17.8 Å². The molecule has 0 saturated carbocycles. The number of hydrogen-bond acceptors (Lipinski definition) is 3. The molecule has 0 fully saturated rings. The van der Waals surface area contributed by atoms with Gasteiger partial charge in [-0.3, -0.25) is 4.79 Å². The maximum Gasteiger partial charge on any atom is 0.323 e. The van der Waals surface area contributed by atoms with Gasteiger partial charge in [0.05, 0.1) is 13.0 Å². The normalized spacial score (nSPS) is 10.3. The van der Waals surface area contributed by atoms with Crippen molar-refractivity contribution >= 4 is 34.6 Å². The van der Waals surface area contributed by atoms with Gasteiger partial charge in [0, 0.05) is 16.3 Å². The molecule has 0 spiro atoms.